The third kappa shape index (κ3) is 10.1. The highest BCUT2D eigenvalue weighted by Gasteiger charge is 2.44. The Morgan fingerprint density at radius 3 is 2.29 bits per heavy atom. The molecule has 63 heavy (non-hydrogen) atoms. The number of fused-ring (bicyclic) bond motifs is 2. The third-order valence-electron chi connectivity index (χ3n) is 11.4. The van der Waals surface area contributed by atoms with E-state index in [0.717, 1.165) is 16.7 Å². The molecule has 4 aromatic carbocycles. The summed E-state index contributed by atoms with van der Waals surface area (Å²) in [6.45, 7) is 5.23. The van der Waals surface area contributed by atoms with Crippen LogP contribution in [-0.2, 0) is 30.8 Å². The Balaban J connectivity index is 1.17. The van der Waals surface area contributed by atoms with Gasteiger partial charge in [0.25, 0.3) is 15.9 Å². The Morgan fingerprint density at radius 1 is 0.889 bits per heavy atom. The number of aliphatic hydroxyl groups is 1. The van der Waals surface area contributed by atoms with E-state index >= 15 is 0 Å². The minimum absolute atomic E-state index is 0.0216. The summed E-state index contributed by atoms with van der Waals surface area (Å²) in [7, 11) is -2.70. The SMILES string of the molecule is CCCC(NC(=O)C1CC(Oc2cc(-c3ccccc3)nc3cc(OC)ccc23)CN1C(=O)NC(C(=O)NC1c2ccccc2CC1O)C(C)C)C(=O)NS(=O)(=O)c1ccccc1. The Labute approximate surface area is 366 Å². The van der Waals surface area contributed by atoms with Gasteiger partial charge in [-0.15, -0.1) is 0 Å². The molecule has 5 aromatic rings. The number of carbonyl (C=O) groups is 4. The zero-order valence-electron chi connectivity index (χ0n) is 35.5. The molecular formula is C47H52N6O9S. The summed E-state index contributed by atoms with van der Waals surface area (Å²) < 4.78 is 40.5. The smallest absolute Gasteiger partial charge is 0.318 e. The van der Waals surface area contributed by atoms with Crippen molar-refractivity contribution in [3.63, 3.8) is 0 Å². The highest BCUT2D eigenvalue weighted by molar-refractivity contribution is 7.90. The summed E-state index contributed by atoms with van der Waals surface area (Å²) >= 11 is 0. The fourth-order valence-corrected chi connectivity index (χ4v) is 9.16. The molecule has 15 nitrogen and oxygen atoms in total. The molecule has 6 unspecified atom stereocenters. The van der Waals surface area contributed by atoms with Gasteiger partial charge in [-0.05, 0) is 47.7 Å². The summed E-state index contributed by atoms with van der Waals surface area (Å²) in [6, 6.07) is 26.6. The Hall–Kier alpha value is -6.52. The van der Waals surface area contributed by atoms with E-state index in [0.29, 0.717) is 40.9 Å². The van der Waals surface area contributed by atoms with Crippen LogP contribution in [0.5, 0.6) is 11.5 Å². The van der Waals surface area contributed by atoms with E-state index in [1.165, 1.54) is 29.2 Å². The lowest BCUT2D eigenvalue weighted by Gasteiger charge is -2.30. The maximum atomic E-state index is 14.5. The number of hydrogen-bond donors (Lipinski definition) is 5. The minimum atomic E-state index is -4.26. The van der Waals surface area contributed by atoms with Crippen LogP contribution in [0.3, 0.4) is 0 Å². The van der Waals surface area contributed by atoms with Crippen LogP contribution in [0.1, 0.15) is 57.2 Å². The standard InChI is InChI=1S/C47H52N6O9S/c1-5-14-36(44(55)52-63(59,60)33-18-10-7-11-19-33)49-45(56)39-25-32(62-41-26-37(29-15-8-6-9-16-29)48-38-24-31(61-4)21-22-35(38)41)27-53(39)47(58)51-42(28(2)3)46(57)50-43-34-20-13-12-17-30(34)23-40(43)54/h6-13,15-22,24,26,28,32,36,39-40,42-43,54H,5,14,23,25,27H2,1-4H3,(H,49,56)(H,50,57)(H,51,58)(H,52,55). The van der Waals surface area contributed by atoms with Crippen molar-refractivity contribution in [1.29, 1.82) is 0 Å². The summed E-state index contributed by atoms with van der Waals surface area (Å²) in [4.78, 5) is 62.4. The molecule has 1 saturated heterocycles. The molecule has 7 rings (SSSR count). The number of sulfonamides is 1. The predicted molar refractivity (Wildman–Crippen MR) is 236 cm³/mol. The lowest BCUT2D eigenvalue weighted by Crippen LogP contribution is -2.58. The number of methoxy groups -OCH3 is 1. The van der Waals surface area contributed by atoms with Crippen molar-refractivity contribution in [3.8, 4) is 22.8 Å². The first-order chi connectivity index (χ1) is 30.3. The molecule has 0 spiro atoms. The number of aliphatic hydroxyl groups excluding tert-OH is 1. The van der Waals surface area contributed by atoms with Gasteiger partial charge < -0.3 is 35.4 Å². The van der Waals surface area contributed by atoms with E-state index in [1.54, 1.807) is 52.1 Å². The number of benzene rings is 4. The van der Waals surface area contributed by atoms with Crippen molar-refractivity contribution in [2.75, 3.05) is 13.7 Å². The summed E-state index contributed by atoms with van der Waals surface area (Å²) in [5.74, 6) is -1.55. The molecule has 1 aliphatic heterocycles. The average Bonchev–Trinajstić information content (AvgIpc) is 3.85. The van der Waals surface area contributed by atoms with Crippen molar-refractivity contribution < 1.29 is 42.2 Å². The lowest BCUT2D eigenvalue weighted by atomic mass is 10.0. The molecule has 16 heteroatoms. The van der Waals surface area contributed by atoms with E-state index in [1.807, 2.05) is 60.7 Å². The van der Waals surface area contributed by atoms with E-state index in [9.17, 15) is 32.7 Å². The van der Waals surface area contributed by atoms with Crippen LogP contribution in [0.15, 0.2) is 114 Å². The van der Waals surface area contributed by atoms with Gasteiger partial charge in [0.05, 0.1) is 41.9 Å². The van der Waals surface area contributed by atoms with E-state index in [4.69, 9.17) is 14.5 Å². The Bertz CT molecular complexity index is 2580. The average molecular weight is 877 g/mol. The number of rotatable bonds is 15. The molecular weight excluding hydrogens is 825 g/mol. The van der Waals surface area contributed by atoms with Gasteiger partial charge in [0.2, 0.25) is 11.8 Å². The highest BCUT2D eigenvalue weighted by Crippen LogP contribution is 2.35. The zero-order valence-corrected chi connectivity index (χ0v) is 36.3. The van der Waals surface area contributed by atoms with Gasteiger partial charge in [-0.25, -0.2) is 22.9 Å². The second kappa shape index (κ2) is 19.3. The monoisotopic (exact) mass is 876 g/mol. The van der Waals surface area contributed by atoms with E-state index in [2.05, 4.69) is 20.7 Å². The van der Waals surface area contributed by atoms with Crippen LogP contribution in [0, 0.1) is 5.92 Å². The third-order valence-corrected chi connectivity index (χ3v) is 12.8. The fraction of sp³-hybridized carbons (Fsp3) is 0.340. The van der Waals surface area contributed by atoms with Gasteiger partial charge in [-0.2, -0.15) is 0 Å². The maximum Gasteiger partial charge on any atom is 0.318 e. The Morgan fingerprint density at radius 2 is 1.59 bits per heavy atom. The number of likely N-dealkylation sites (tertiary alicyclic amines) is 1. The summed E-state index contributed by atoms with van der Waals surface area (Å²) in [5.41, 5.74) is 3.75. The molecule has 0 saturated carbocycles. The lowest BCUT2D eigenvalue weighted by molar-refractivity contribution is -0.130. The van der Waals surface area contributed by atoms with E-state index < -0.39 is 76.1 Å². The molecule has 1 aliphatic carbocycles. The second-order valence-electron chi connectivity index (χ2n) is 16.2. The Kier molecular flexibility index (Phi) is 13.6. The number of amides is 5. The molecule has 0 bridgehead atoms. The molecule has 5 N–H and O–H groups in total. The van der Waals surface area contributed by atoms with Crippen molar-refractivity contribution in [2.24, 2.45) is 5.92 Å². The van der Waals surface area contributed by atoms with Gasteiger partial charge >= 0.3 is 6.03 Å². The van der Waals surface area contributed by atoms with Crippen molar-refractivity contribution in [3.05, 3.63) is 120 Å². The van der Waals surface area contributed by atoms with Crippen LogP contribution in [0.4, 0.5) is 4.79 Å². The van der Waals surface area contributed by atoms with Crippen molar-refractivity contribution >= 4 is 44.7 Å². The van der Waals surface area contributed by atoms with Gasteiger partial charge in [-0.1, -0.05) is 100.0 Å². The molecule has 0 radical (unpaired) electrons. The number of hydrogen-bond acceptors (Lipinski definition) is 10. The molecule has 6 atom stereocenters. The van der Waals surface area contributed by atoms with Crippen LogP contribution < -0.4 is 30.1 Å². The molecule has 1 aromatic heterocycles. The van der Waals surface area contributed by atoms with Gasteiger partial charge in [0, 0.05) is 35.9 Å². The minimum Gasteiger partial charge on any atom is -0.497 e. The van der Waals surface area contributed by atoms with Gasteiger partial charge in [0.1, 0.15) is 35.7 Å². The number of nitrogens with zero attached hydrogens (tertiary/aromatic N) is 2. The molecule has 5 amide bonds. The number of nitrogens with one attached hydrogen (secondary N) is 4. The highest BCUT2D eigenvalue weighted by atomic mass is 32.2. The van der Waals surface area contributed by atoms with Crippen LogP contribution in [-0.4, -0.2) is 91.1 Å². The topological polar surface area (TPSA) is 205 Å². The first-order valence-corrected chi connectivity index (χ1v) is 22.5. The first-order valence-electron chi connectivity index (χ1n) is 21.0. The van der Waals surface area contributed by atoms with Crippen LogP contribution >= 0.6 is 0 Å². The number of pyridine rings is 1. The quantitative estimate of drug-likeness (QED) is 0.0949. The van der Waals surface area contributed by atoms with Gasteiger partial charge in [0.15, 0.2) is 0 Å². The number of ether oxygens (including phenoxy) is 2. The molecule has 2 aliphatic rings. The predicted octanol–water partition coefficient (Wildman–Crippen LogP) is 5.03. The molecule has 330 valence electrons. The summed E-state index contributed by atoms with van der Waals surface area (Å²) in [6.07, 6.45) is -0.764. The summed E-state index contributed by atoms with van der Waals surface area (Å²) in [5, 5.41) is 20.0. The number of aromatic nitrogens is 1. The normalized spacial score (nSPS) is 19.2. The fourth-order valence-electron chi connectivity index (χ4n) is 8.12. The molecule has 1 fully saturated rings. The first kappa shape index (κ1) is 44.5. The van der Waals surface area contributed by atoms with Crippen molar-refractivity contribution in [1.82, 2.24) is 30.6 Å². The zero-order chi connectivity index (χ0) is 44.8. The van der Waals surface area contributed by atoms with Crippen LogP contribution in [0.2, 0.25) is 0 Å². The van der Waals surface area contributed by atoms with E-state index in [-0.39, 0.29) is 24.3 Å². The number of carbonyl (C=O) groups excluding carboxylic acids is 4. The van der Waals surface area contributed by atoms with Crippen LogP contribution in [0.25, 0.3) is 22.2 Å². The molecule has 2 heterocycles. The second-order valence-corrected chi connectivity index (χ2v) is 17.8. The van der Waals surface area contributed by atoms with Crippen molar-refractivity contribution in [2.45, 2.75) is 87.7 Å². The number of urea groups is 1. The largest absolute Gasteiger partial charge is 0.497 e. The van der Waals surface area contributed by atoms with Gasteiger partial charge in [-0.3, -0.25) is 14.4 Å². The maximum absolute atomic E-state index is 14.5.